The zero-order chi connectivity index (χ0) is 13.0. The van der Waals surface area contributed by atoms with Crippen molar-refractivity contribution in [1.82, 2.24) is 0 Å². The maximum absolute atomic E-state index is 11.0. The number of amides is 1. The molecule has 0 aliphatic rings. The van der Waals surface area contributed by atoms with Crippen LogP contribution in [-0.2, 0) is 11.2 Å². The van der Waals surface area contributed by atoms with Gasteiger partial charge in [0.2, 0.25) is 0 Å². The van der Waals surface area contributed by atoms with E-state index in [-0.39, 0.29) is 6.04 Å². The Kier molecular flexibility index (Phi) is 4.96. The van der Waals surface area contributed by atoms with Gasteiger partial charge in [-0.15, -0.1) is 0 Å². The maximum Gasteiger partial charge on any atom is 0.258 e. The molecule has 1 aromatic carbocycles. The molecule has 0 spiro atoms. The van der Waals surface area contributed by atoms with E-state index in [9.17, 15) is 4.79 Å². The molecular weight excluding hydrogens is 284 g/mol. The number of hydrogen-bond acceptors (Lipinski definition) is 3. The molecule has 0 aliphatic heterocycles. The topological polar surface area (TPSA) is 78.3 Å². The first kappa shape index (κ1) is 14.0. The van der Waals surface area contributed by atoms with Gasteiger partial charge in [0.25, 0.3) is 5.91 Å². The van der Waals surface area contributed by atoms with Gasteiger partial charge in [-0.1, -0.05) is 12.1 Å². The van der Waals surface area contributed by atoms with Crippen LogP contribution in [0.2, 0.25) is 0 Å². The summed E-state index contributed by atoms with van der Waals surface area (Å²) in [5.74, 6) is 0.142. The normalized spacial score (nSPS) is 14.1. The summed E-state index contributed by atoms with van der Waals surface area (Å²) in [4.78, 5) is 11.0. The minimum Gasteiger partial charge on any atom is -0.479 e. The zero-order valence-corrected chi connectivity index (χ0v) is 11.5. The Morgan fingerprint density at radius 3 is 2.65 bits per heavy atom. The Labute approximate surface area is 109 Å². The summed E-state index contributed by atoms with van der Waals surface area (Å²) in [7, 11) is 0. The van der Waals surface area contributed by atoms with Crippen molar-refractivity contribution in [2.75, 3.05) is 0 Å². The largest absolute Gasteiger partial charge is 0.479 e. The lowest BCUT2D eigenvalue weighted by atomic mass is 10.1. The average molecular weight is 301 g/mol. The van der Waals surface area contributed by atoms with Crippen molar-refractivity contribution in [3.05, 3.63) is 28.2 Å². The molecule has 0 bridgehead atoms. The van der Waals surface area contributed by atoms with Crippen LogP contribution in [-0.4, -0.2) is 18.1 Å². The first-order valence-corrected chi connectivity index (χ1v) is 6.20. The van der Waals surface area contributed by atoms with Gasteiger partial charge in [0, 0.05) is 6.04 Å². The van der Waals surface area contributed by atoms with Gasteiger partial charge in [0.15, 0.2) is 6.10 Å². The Bertz CT molecular complexity index is 407. The summed E-state index contributed by atoms with van der Waals surface area (Å²) in [6.45, 7) is 3.54. The van der Waals surface area contributed by atoms with E-state index >= 15 is 0 Å². The maximum atomic E-state index is 11.0. The Morgan fingerprint density at radius 1 is 1.47 bits per heavy atom. The van der Waals surface area contributed by atoms with Crippen LogP contribution < -0.4 is 16.2 Å². The summed E-state index contributed by atoms with van der Waals surface area (Å²) in [5, 5.41) is 0. The molecule has 94 valence electrons. The second-order valence-corrected chi connectivity index (χ2v) is 4.93. The smallest absolute Gasteiger partial charge is 0.258 e. The number of benzene rings is 1. The summed E-state index contributed by atoms with van der Waals surface area (Å²) in [6, 6.07) is 5.71. The number of carbonyl (C=O) groups is 1. The standard InChI is InChI=1S/C12H17BrN2O2/c1-7(14)6-9-4-3-5-10(13)11(9)17-8(2)12(15)16/h3-5,7-8H,6,14H2,1-2H3,(H2,15,16). The second kappa shape index (κ2) is 6.02. The Hall–Kier alpha value is -1.07. The molecule has 0 heterocycles. The van der Waals surface area contributed by atoms with Gasteiger partial charge >= 0.3 is 0 Å². The Balaban J connectivity index is 2.99. The van der Waals surface area contributed by atoms with Gasteiger partial charge in [-0.3, -0.25) is 4.79 Å². The number of carbonyl (C=O) groups excluding carboxylic acids is 1. The molecule has 1 amide bonds. The highest BCUT2D eigenvalue weighted by atomic mass is 79.9. The van der Waals surface area contributed by atoms with Gasteiger partial charge in [-0.25, -0.2) is 0 Å². The molecule has 2 unspecified atom stereocenters. The van der Waals surface area contributed by atoms with Gasteiger partial charge in [0.05, 0.1) is 4.47 Å². The minimum absolute atomic E-state index is 0.0236. The summed E-state index contributed by atoms with van der Waals surface area (Å²) >= 11 is 3.40. The van der Waals surface area contributed by atoms with Crippen LogP contribution in [0.3, 0.4) is 0 Å². The molecule has 2 atom stereocenters. The molecule has 4 nitrogen and oxygen atoms in total. The predicted octanol–water partition coefficient (Wildman–Crippen LogP) is 1.59. The third-order valence-corrected chi connectivity index (χ3v) is 2.91. The molecule has 1 aromatic rings. The number of ether oxygens (including phenoxy) is 1. The fraction of sp³-hybridized carbons (Fsp3) is 0.417. The van der Waals surface area contributed by atoms with Gasteiger partial charge in [-0.05, 0) is 47.8 Å². The van der Waals surface area contributed by atoms with E-state index in [1.807, 2.05) is 25.1 Å². The van der Waals surface area contributed by atoms with E-state index in [4.69, 9.17) is 16.2 Å². The average Bonchev–Trinajstić information content (AvgIpc) is 2.22. The molecular formula is C12H17BrN2O2. The van der Waals surface area contributed by atoms with Crippen molar-refractivity contribution in [2.24, 2.45) is 11.5 Å². The van der Waals surface area contributed by atoms with Crippen molar-refractivity contribution >= 4 is 21.8 Å². The van der Waals surface area contributed by atoms with Crippen LogP contribution in [0.4, 0.5) is 0 Å². The van der Waals surface area contributed by atoms with E-state index in [2.05, 4.69) is 15.9 Å². The molecule has 1 rings (SSSR count). The van der Waals surface area contributed by atoms with Crippen molar-refractivity contribution in [2.45, 2.75) is 32.4 Å². The number of hydrogen-bond donors (Lipinski definition) is 2. The lowest BCUT2D eigenvalue weighted by Gasteiger charge is -2.17. The number of halogens is 1. The number of para-hydroxylation sites is 1. The quantitative estimate of drug-likeness (QED) is 0.867. The van der Waals surface area contributed by atoms with Crippen LogP contribution in [0.5, 0.6) is 5.75 Å². The number of primary amides is 1. The van der Waals surface area contributed by atoms with Crippen LogP contribution >= 0.6 is 15.9 Å². The lowest BCUT2D eigenvalue weighted by molar-refractivity contribution is -0.124. The van der Waals surface area contributed by atoms with E-state index in [0.717, 1.165) is 10.0 Å². The van der Waals surface area contributed by atoms with Gasteiger partial charge in [-0.2, -0.15) is 0 Å². The van der Waals surface area contributed by atoms with Gasteiger partial charge < -0.3 is 16.2 Å². The highest BCUT2D eigenvalue weighted by Crippen LogP contribution is 2.30. The van der Waals surface area contributed by atoms with Crippen molar-refractivity contribution < 1.29 is 9.53 Å². The molecule has 4 N–H and O–H groups in total. The third-order valence-electron chi connectivity index (χ3n) is 2.29. The van der Waals surface area contributed by atoms with Crippen LogP contribution in [0.15, 0.2) is 22.7 Å². The fourth-order valence-corrected chi connectivity index (χ4v) is 1.93. The summed E-state index contributed by atoms with van der Waals surface area (Å²) < 4.78 is 6.36. The lowest BCUT2D eigenvalue weighted by Crippen LogP contribution is -2.31. The summed E-state index contributed by atoms with van der Waals surface area (Å²) in [6.07, 6.45) is 0.0146. The highest BCUT2D eigenvalue weighted by Gasteiger charge is 2.16. The number of rotatable bonds is 5. The summed E-state index contributed by atoms with van der Waals surface area (Å²) in [5.41, 5.74) is 11.9. The first-order valence-electron chi connectivity index (χ1n) is 5.40. The molecule has 0 aromatic heterocycles. The SMILES string of the molecule is CC(N)Cc1cccc(Br)c1OC(C)C(N)=O. The van der Waals surface area contributed by atoms with E-state index < -0.39 is 12.0 Å². The molecule has 0 aliphatic carbocycles. The number of nitrogens with two attached hydrogens (primary N) is 2. The first-order chi connectivity index (χ1) is 7.91. The molecule has 5 heteroatoms. The monoisotopic (exact) mass is 300 g/mol. The minimum atomic E-state index is -0.666. The third kappa shape index (κ3) is 4.02. The van der Waals surface area contributed by atoms with Crippen LogP contribution in [0, 0.1) is 0 Å². The predicted molar refractivity (Wildman–Crippen MR) is 70.8 cm³/mol. The fourth-order valence-electron chi connectivity index (χ4n) is 1.43. The van der Waals surface area contributed by atoms with Gasteiger partial charge in [0.1, 0.15) is 5.75 Å². The van der Waals surface area contributed by atoms with Crippen molar-refractivity contribution in [1.29, 1.82) is 0 Å². The zero-order valence-electron chi connectivity index (χ0n) is 9.94. The van der Waals surface area contributed by atoms with E-state index in [0.29, 0.717) is 12.2 Å². The molecule has 0 fully saturated rings. The molecule has 0 saturated carbocycles. The molecule has 17 heavy (non-hydrogen) atoms. The van der Waals surface area contributed by atoms with Crippen LogP contribution in [0.1, 0.15) is 19.4 Å². The second-order valence-electron chi connectivity index (χ2n) is 4.07. The van der Waals surface area contributed by atoms with Crippen molar-refractivity contribution in [3.63, 3.8) is 0 Å². The van der Waals surface area contributed by atoms with Crippen LogP contribution in [0.25, 0.3) is 0 Å². The molecule has 0 saturated heterocycles. The molecule has 0 radical (unpaired) electrons. The van der Waals surface area contributed by atoms with E-state index in [1.165, 1.54) is 0 Å². The van der Waals surface area contributed by atoms with E-state index in [1.54, 1.807) is 6.92 Å². The van der Waals surface area contributed by atoms with Crippen molar-refractivity contribution in [3.8, 4) is 5.75 Å². The Morgan fingerprint density at radius 2 is 2.12 bits per heavy atom. The highest BCUT2D eigenvalue weighted by molar-refractivity contribution is 9.10.